The van der Waals surface area contributed by atoms with E-state index in [0.717, 1.165) is 12.8 Å². The van der Waals surface area contributed by atoms with Crippen LogP contribution in [0.2, 0.25) is 9.36 Å². The molecule has 0 aliphatic rings. The first kappa shape index (κ1) is 12.5. The normalized spacial score (nSPS) is 14.6. The Morgan fingerprint density at radius 3 is 2.25 bits per heavy atom. The summed E-state index contributed by atoms with van der Waals surface area (Å²) in [7, 11) is 1.86. The molecule has 0 N–H and O–H groups in total. The molecule has 2 nitrogen and oxygen atoms in total. The van der Waals surface area contributed by atoms with Crippen LogP contribution >= 0.6 is 0 Å². The van der Waals surface area contributed by atoms with Crippen LogP contribution in [0.3, 0.4) is 0 Å². The van der Waals surface area contributed by atoms with Gasteiger partial charge in [0.2, 0.25) is 0 Å². The molecule has 0 aromatic rings. The van der Waals surface area contributed by atoms with Crippen molar-refractivity contribution in [3.05, 3.63) is 0 Å². The van der Waals surface area contributed by atoms with E-state index < -0.39 is 21.9 Å². The predicted molar refractivity (Wildman–Crippen MR) is 56.3 cm³/mol. The van der Waals surface area contributed by atoms with Crippen molar-refractivity contribution in [2.45, 2.75) is 42.2 Å². The zero-order chi connectivity index (χ0) is 9.56. The summed E-state index contributed by atoms with van der Waals surface area (Å²) in [5, 5.41) is 0. The van der Waals surface area contributed by atoms with Gasteiger partial charge in [0.15, 0.2) is 0 Å². The van der Waals surface area contributed by atoms with E-state index in [4.69, 9.17) is 2.85 Å². The van der Waals surface area contributed by atoms with Crippen LogP contribution in [0.15, 0.2) is 4.99 Å². The first-order chi connectivity index (χ1) is 5.65. The van der Waals surface area contributed by atoms with Crippen molar-refractivity contribution in [2.24, 2.45) is 4.99 Å². The molecule has 0 aliphatic heterocycles. The molecular weight excluding hydrogens is 253 g/mol. The van der Waals surface area contributed by atoms with Gasteiger partial charge < -0.3 is 0 Å². The van der Waals surface area contributed by atoms with Crippen molar-refractivity contribution in [2.75, 3.05) is 7.05 Å². The molecule has 0 amide bonds. The third kappa shape index (κ3) is 4.51. The second-order valence-electron chi connectivity index (χ2n) is 3.15. The van der Waals surface area contributed by atoms with Gasteiger partial charge in [0.05, 0.1) is 0 Å². The van der Waals surface area contributed by atoms with Crippen LogP contribution < -0.4 is 0 Å². The molecule has 1 atom stereocenters. The second-order valence-corrected chi connectivity index (χ2v) is 9.91. The van der Waals surface area contributed by atoms with Crippen molar-refractivity contribution in [3.63, 3.8) is 0 Å². The van der Waals surface area contributed by atoms with Crippen LogP contribution in [-0.2, 0) is 2.85 Å². The third-order valence-corrected chi connectivity index (χ3v) is 4.32. The molecule has 0 heterocycles. The first-order valence-electron chi connectivity index (χ1n) is 4.76. The molecule has 0 aromatic carbocycles. The molecule has 0 saturated heterocycles. The molecule has 0 aromatic heterocycles. The van der Waals surface area contributed by atoms with Gasteiger partial charge in [-0.05, 0) is 0 Å². The predicted octanol–water partition coefficient (Wildman–Crippen LogP) is 2.51. The van der Waals surface area contributed by atoms with E-state index >= 15 is 0 Å². The van der Waals surface area contributed by atoms with Crippen molar-refractivity contribution in [1.82, 2.24) is 0 Å². The van der Waals surface area contributed by atoms with Crippen LogP contribution in [0.5, 0.6) is 0 Å². The molecule has 12 heavy (non-hydrogen) atoms. The number of aliphatic imine (C=N–C) groups is 1. The van der Waals surface area contributed by atoms with Gasteiger partial charge in [0.25, 0.3) is 0 Å². The zero-order valence-corrected chi connectivity index (χ0v) is 12.2. The molecule has 0 rings (SSSR count). The molecule has 0 aliphatic carbocycles. The Morgan fingerprint density at radius 1 is 1.42 bits per heavy atom. The molecule has 0 fully saturated rings. The van der Waals surface area contributed by atoms with Gasteiger partial charge in [-0.1, -0.05) is 0 Å². The summed E-state index contributed by atoms with van der Waals surface area (Å²) in [4.78, 5) is 4.26. The molecular formula is C9H20InNO. The van der Waals surface area contributed by atoms with Gasteiger partial charge in [-0.25, -0.2) is 0 Å². The van der Waals surface area contributed by atoms with Gasteiger partial charge in [-0.15, -0.1) is 0 Å². The molecule has 0 spiro atoms. The Bertz CT molecular complexity index is 145. The summed E-state index contributed by atoms with van der Waals surface area (Å²) in [5.74, 6) is 0. The SMILES string of the molecule is CCC(=NC)C(CC)[O][In]([CH3])[CH3]. The second kappa shape index (κ2) is 6.96. The van der Waals surface area contributed by atoms with Gasteiger partial charge in [-0.3, -0.25) is 0 Å². The van der Waals surface area contributed by atoms with Crippen molar-refractivity contribution >= 4 is 27.6 Å². The van der Waals surface area contributed by atoms with Crippen LogP contribution in [0, 0.1) is 0 Å². The Hall–Kier alpha value is 0.500. The van der Waals surface area contributed by atoms with Crippen molar-refractivity contribution in [3.8, 4) is 0 Å². The van der Waals surface area contributed by atoms with E-state index in [9.17, 15) is 0 Å². The van der Waals surface area contributed by atoms with Crippen LogP contribution in [0.25, 0.3) is 0 Å². The molecule has 0 radical (unpaired) electrons. The van der Waals surface area contributed by atoms with E-state index in [1.165, 1.54) is 5.71 Å². The summed E-state index contributed by atoms with van der Waals surface area (Å²) in [6.07, 6.45) is 2.40. The molecule has 0 bridgehead atoms. The average molecular weight is 273 g/mol. The monoisotopic (exact) mass is 273 g/mol. The summed E-state index contributed by atoms with van der Waals surface area (Å²) in [6.45, 7) is 4.31. The first-order valence-corrected chi connectivity index (χ1v) is 12.7. The van der Waals surface area contributed by atoms with Crippen molar-refractivity contribution in [1.29, 1.82) is 0 Å². The number of hydrogen-bond donors (Lipinski definition) is 0. The summed E-state index contributed by atoms with van der Waals surface area (Å²) >= 11 is -1.53. The Balaban J connectivity index is 4.12. The van der Waals surface area contributed by atoms with Crippen LogP contribution in [0.4, 0.5) is 0 Å². The van der Waals surface area contributed by atoms with E-state index in [2.05, 4.69) is 28.2 Å². The summed E-state index contributed by atoms with van der Waals surface area (Å²) < 4.78 is 10.5. The number of nitrogens with zero attached hydrogens (tertiary/aromatic N) is 1. The Kier molecular flexibility index (Phi) is 7.25. The van der Waals surface area contributed by atoms with E-state index in [1.807, 2.05) is 7.05 Å². The van der Waals surface area contributed by atoms with Gasteiger partial charge in [-0.2, -0.15) is 0 Å². The molecule has 3 heteroatoms. The fourth-order valence-corrected chi connectivity index (χ4v) is 4.14. The number of rotatable bonds is 5. The van der Waals surface area contributed by atoms with Gasteiger partial charge >= 0.3 is 84.6 Å². The molecule has 1 unspecified atom stereocenters. The Labute approximate surface area is 84.6 Å². The van der Waals surface area contributed by atoms with Crippen LogP contribution in [-0.4, -0.2) is 40.7 Å². The fraction of sp³-hybridized carbons (Fsp3) is 0.889. The topological polar surface area (TPSA) is 21.6 Å². The molecule has 70 valence electrons. The fourth-order valence-electron chi connectivity index (χ4n) is 1.27. The van der Waals surface area contributed by atoms with E-state index in [-0.39, 0.29) is 0 Å². The maximum absolute atomic E-state index is 5.92. The number of hydrogen-bond acceptors (Lipinski definition) is 2. The minimum absolute atomic E-state index is 0.316. The quantitative estimate of drug-likeness (QED) is 0.705. The molecule has 0 saturated carbocycles. The Morgan fingerprint density at radius 2 is 2.00 bits per heavy atom. The average Bonchev–Trinajstić information content (AvgIpc) is 2.04. The van der Waals surface area contributed by atoms with Gasteiger partial charge in [0, 0.05) is 0 Å². The standard InChI is InChI=1S/C7H14NO.2CH3.In/c1-4-6(8-3)7(9)5-2;;;/h7H,4-5H2,1-3H3;2*1H3;/q-1;;;+1. The summed E-state index contributed by atoms with van der Waals surface area (Å²) in [5.41, 5.74) is 1.22. The third-order valence-electron chi connectivity index (χ3n) is 1.83. The maximum atomic E-state index is 5.92. The van der Waals surface area contributed by atoms with Crippen molar-refractivity contribution < 1.29 is 2.85 Å². The summed E-state index contributed by atoms with van der Waals surface area (Å²) in [6, 6.07) is 0. The minimum atomic E-state index is -1.53. The van der Waals surface area contributed by atoms with E-state index in [1.54, 1.807) is 0 Å². The zero-order valence-electron chi connectivity index (χ0n) is 8.92. The van der Waals surface area contributed by atoms with E-state index in [0.29, 0.717) is 6.10 Å². The van der Waals surface area contributed by atoms with Gasteiger partial charge in [0.1, 0.15) is 0 Å². The van der Waals surface area contributed by atoms with Crippen LogP contribution in [0.1, 0.15) is 26.7 Å².